The van der Waals surface area contributed by atoms with Crippen molar-refractivity contribution in [3.05, 3.63) is 46.6 Å². The molecule has 0 radical (unpaired) electrons. The van der Waals surface area contributed by atoms with E-state index in [1.807, 2.05) is 18.2 Å². The maximum atomic E-state index is 6.05. The standard InChI is InChI=1S/C12H14ClN3O/c1-2-4-10-15-12(16-17-10)11(14)8-5-3-6-9(13)7-8/h3,5-7,11H,2,4,14H2,1H3. The van der Waals surface area contributed by atoms with Gasteiger partial charge in [-0.05, 0) is 24.1 Å². The predicted molar refractivity (Wildman–Crippen MR) is 65.8 cm³/mol. The summed E-state index contributed by atoms with van der Waals surface area (Å²) in [5.74, 6) is 1.12. The number of hydrogen-bond donors (Lipinski definition) is 1. The summed E-state index contributed by atoms with van der Waals surface area (Å²) in [4.78, 5) is 4.26. The second-order valence-corrected chi connectivity index (χ2v) is 4.27. The fraction of sp³-hybridized carbons (Fsp3) is 0.333. The summed E-state index contributed by atoms with van der Waals surface area (Å²) in [7, 11) is 0. The van der Waals surface area contributed by atoms with Crippen LogP contribution < -0.4 is 5.73 Å². The predicted octanol–water partition coefficient (Wildman–Crippen LogP) is 2.72. The summed E-state index contributed by atoms with van der Waals surface area (Å²) in [6.45, 7) is 2.06. The molecule has 0 spiro atoms. The van der Waals surface area contributed by atoms with Crippen molar-refractivity contribution >= 4 is 11.6 Å². The van der Waals surface area contributed by atoms with Gasteiger partial charge in [0.1, 0.15) is 0 Å². The van der Waals surface area contributed by atoms with E-state index in [-0.39, 0.29) is 0 Å². The molecule has 0 saturated heterocycles. The number of aromatic nitrogens is 2. The Morgan fingerprint density at radius 2 is 2.29 bits per heavy atom. The molecule has 4 nitrogen and oxygen atoms in total. The third kappa shape index (κ3) is 2.84. The summed E-state index contributed by atoms with van der Waals surface area (Å²) >= 11 is 5.91. The van der Waals surface area contributed by atoms with Crippen LogP contribution in [0.1, 0.15) is 36.7 Å². The molecule has 2 N–H and O–H groups in total. The zero-order valence-corrected chi connectivity index (χ0v) is 10.3. The highest BCUT2D eigenvalue weighted by Crippen LogP contribution is 2.20. The molecule has 17 heavy (non-hydrogen) atoms. The number of hydrogen-bond acceptors (Lipinski definition) is 4. The molecule has 2 aromatic rings. The van der Waals surface area contributed by atoms with Crippen LogP contribution in [0.2, 0.25) is 5.02 Å². The molecule has 1 aromatic heterocycles. The fourth-order valence-electron chi connectivity index (χ4n) is 1.56. The summed E-state index contributed by atoms with van der Waals surface area (Å²) in [6, 6.07) is 6.96. The van der Waals surface area contributed by atoms with Crippen molar-refractivity contribution < 1.29 is 4.52 Å². The van der Waals surface area contributed by atoms with Gasteiger partial charge >= 0.3 is 0 Å². The van der Waals surface area contributed by atoms with E-state index in [1.54, 1.807) is 6.07 Å². The zero-order chi connectivity index (χ0) is 12.3. The van der Waals surface area contributed by atoms with Crippen molar-refractivity contribution in [2.24, 2.45) is 5.73 Å². The fourth-order valence-corrected chi connectivity index (χ4v) is 1.76. The van der Waals surface area contributed by atoms with Crippen molar-refractivity contribution in [3.8, 4) is 0 Å². The maximum Gasteiger partial charge on any atom is 0.226 e. The van der Waals surface area contributed by atoms with Gasteiger partial charge in [0.25, 0.3) is 0 Å². The Hall–Kier alpha value is -1.39. The third-order valence-electron chi connectivity index (χ3n) is 2.43. The molecule has 1 heterocycles. The molecule has 0 aliphatic rings. The lowest BCUT2D eigenvalue weighted by Gasteiger charge is -2.07. The molecule has 2 rings (SSSR count). The summed E-state index contributed by atoms with van der Waals surface area (Å²) in [6.07, 6.45) is 1.74. The monoisotopic (exact) mass is 251 g/mol. The lowest BCUT2D eigenvalue weighted by molar-refractivity contribution is 0.370. The van der Waals surface area contributed by atoms with Gasteiger partial charge in [-0.3, -0.25) is 0 Å². The molecule has 90 valence electrons. The van der Waals surface area contributed by atoms with Gasteiger partial charge in [0.05, 0.1) is 6.04 Å². The van der Waals surface area contributed by atoms with Gasteiger partial charge in [0.15, 0.2) is 5.82 Å². The number of halogens is 1. The lowest BCUT2D eigenvalue weighted by atomic mass is 10.1. The van der Waals surface area contributed by atoms with E-state index in [1.165, 1.54) is 0 Å². The van der Waals surface area contributed by atoms with Crippen molar-refractivity contribution in [1.82, 2.24) is 10.1 Å². The van der Waals surface area contributed by atoms with Crippen molar-refractivity contribution in [2.45, 2.75) is 25.8 Å². The highest BCUT2D eigenvalue weighted by Gasteiger charge is 2.15. The Kier molecular flexibility index (Phi) is 3.76. The Morgan fingerprint density at radius 3 is 3.00 bits per heavy atom. The van der Waals surface area contributed by atoms with Crippen LogP contribution >= 0.6 is 11.6 Å². The first-order valence-electron chi connectivity index (χ1n) is 5.54. The molecule has 0 bridgehead atoms. The molecule has 0 fully saturated rings. The Balaban J connectivity index is 2.21. The molecule has 1 aromatic carbocycles. The first kappa shape index (κ1) is 12.1. The second kappa shape index (κ2) is 5.29. The summed E-state index contributed by atoms with van der Waals surface area (Å²) in [5, 5.41) is 4.53. The zero-order valence-electron chi connectivity index (χ0n) is 9.56. The molecule has 0 amide bonds. The second-order valence-electron chi connectivity index (χ2n) is 3.83. The molecule has 5 heteroatoms. The minimum Gasteiger partial charge on any atom is -0.339 e. The van der Waals surface area contributed by atoms with Crippen molar-refractivity contribution in [3.63, 3.8) is 0 Å². The minimum atomic E-state index is -0.400. The first-order chi connectivity index (χ1) is 8.20. The molecule has 0 aliphatic heterocycles. The molecule has 0 aliphatic carbocycles. The van der Waals surface area contributed by atoms with Gasteiger partial charge in [0, 0.05) is 11.4 Å². The number of rotatable bonds is 4. The Labute approximate surface area is 105 Å². The third-order valence-corrected chi connectivity index (χ3v) is 2.67. The molecular weight excluding hydrogens is 238 g/mol. The van der Waals surface area contributed by atoms with E-state index in [2.05, 4.69) is 17.1 Å². The van der Waals surface area contributed by atoms with Crippen LogP contribution in [0, 0.1) is 0 Å². The van der Waals surface area contributed by atoms with Gasteiger partial charge in [-0.1, -0.05) is 35.8 Å². The largest absolute Gasteiger partial charge is 0.339 e. The van der Waals surface area contributed by atoms with Gasteiger partial charge < -0.3 is 10.3 Å². The van der Waals surface area contributed by atoms with Crippen LogP contribution in [0.4, 0.5) is 0 Å². The quantitative estimate of drug-likeness (QED) is 0.907. The highest BCUT2D eigenvalue weighted by molar-refractivity contribution is 6.30. The van der Waals surface area contributed by atoms with E-state index in [9.17, 15) is 0 Å². The van der Waals surface area contributed by atoms with E-state index >= 15 is 0 Å². The van der Waals surface area contributed by atoms with E-state index in [0.717, 1.165) is 18.4 Å². The van der Waals surface area contributed by atoms with Gasteiger partial charge in [-0.2, -0.15) is 4.98 Å². The first-order valence-corrected chi connectivity index (χ1v) is 5.92. The lowest BCUT2D eigenvalue weighted by Crippen LogP contribution is -2.13. The summed E-state index contributed by atoms with van der Waals surface area (Å²) in [5.41, 5.74) is 6.93. The van der Waals surface area contributed by atoms with Gasteiger partial charge in [-0.15, -0.1) is 0 Å². The maximum absolute atomic E-state index is 6.05. The molecular formula is C12H14ClN3O. The summed E-state index contributed by atoms with van der Waals surface area (Å²) < 4.78 is 5.10. The average Bonchev–Trinajstić information content (AvgIpc) is 2.77. The normalized spacial score (nSPS) is 12.6. The van der Waals surface area contributed by atoms with E-state index in [0.29, 0.717) is 16.7 Å². The molecule has 1 unspecified atom stereocenters. The minimum absolute atomic E-state index is 0.400. The number of nitrogens with two attached hydrogens (primary N) is 1. The van der Waals surface area contributed by atoms with Crippen LogP contribution in [0.5, 0.6) is 0 Å². The van der Waals surface area contributed by atoms with Gasteiger partial charge in [-0.25, -0.2) is 0 Å². The Bertz CT molecular complexity index is 498. The van der Waals surface area contributed by atoms with Crippen LogP contribution in [0.25, 0.3) is 0 Å². The molecule has 0 saturated carbocycles. The average molecular weight is 252 g/mol. The number of aryl methyl sites for hydroxylation is 1. The van der Waals surface area contributed by atoms with Crippen LogP contribution in [0.3, 0.4) is 0 Å². The SMILES string of the molecule is CCCc1nc(C(N)c2cccc(Cl)c2)no1. The number of benzene rings is 1. The van der Waals surface area contributed by atoms with E-state index in [4.69, 9.17) is 21.9 Å². The highest BCUT2D eigenvalue weighted by atomic mass is 35.5. The van der Waals surface area contributed by atoms with Crippen molar-refractivity contribution in [2.75, 3.05) is 0 Å². The van der Waals surface area contributed by atoms with Gasteiger partial charge in [0.2, 0.25) is 5.89 Å². The van der Waals surface area contributed by atoms with Crippen LogP contribution in [0.15, 0.2) is 28.8 Å². The molecule has 1 atom stereocenters. The Morgan fingerprint density at radius 1 is 1.47 bits per heavy atom. The number of nitrogens with zero attached hydrogens (tertiary/aromatic N) is 2. The smallest absolute Gasteiger partial charge is 0.226 e. The van der Waals surface area contributed by atoms with Crippen LogP contribution in [-0.4, -0.2) is 10.1 Å². The van der Waals surface area contributed by atoms with Crippen molar-refractivity contribution in [1.29, 1.82) is 0 Å². The topological polar surface area (TPSA) is 64.9 Å². The van der Waals surface area contributed by atoms with Crippen LogP contribution in [-0.2, 0) is 6.42 Å². The van der Waals surface area contributed by atoms with E-state index < -0.39 is 6.04 Å².